The Balaban J connectivity index is 1.22. The molecule has 38 heavy (non-hydrogen) atoms. The van der Waals surface area contributed by atoms with Crippen LogP contribution in [-0.4, -0.2) is 69.2 Å². The van der Waals surface area contributed by atoms with Crippen molar-refractivity contribution in [2.24, 2.45) is 5.92 Å². The van der Waals surface area contributed by atoms with Gasteiger partial charge in [-0.05, 0) is 50.2 Å². The first-order valence-electron chi connectivity index (χ1n) is 13.3. The molecular formula is C29H30N8O. The molecule has 0 spiro atoms. The molecule has 0 atom stereocenters. The van der Waals surface area contributed by atoms with E-state index in [0.29, 0.717) is 5.69 Å². The number of pyridine rings is 2. The van der Waals surface area contributed by atoms with Crippen LogP contribution in [0, 0.1) is 5.92 Å². The average molecular weight is 507 g/mol. The van der Waals surface area contributed by atoms with E-state index in [0.717, 1.165) is 84.5 Å². The number of nitrogens with zero attached hydrogens (tertiary/aromatic N) is 5. The maximum atomic E-state index is 12.4. The van der Waals surface area contributed by atoms with Crippen molar-refractivity contribution in [3.05, 3.63) is 55.0 Å². The fourth-order valence-electron chi connectivity index (χ4n) is 5.43. The van der Waals surface area contributed by atoms with E-state index < -0.39 is 0 Å². The Morgan fingerprint density at radius 2 is 1.87 bits per heavy atom. The highest BCUT2D eigenvalue weighted by molar-refractivity contribution is 6.00. The second kappa shape index (κ2) is 9.25. The Labute approximate surface area is 220 Å². The van der Waals surface area contributed by atoms with Crippen LogP contribution >= 0.6 is 0 Å². The Hall–Kier alpha value is -4.24. The fraction of sp³-hybridized carbons (Fsp3) is 0.310. The highest BCUT2D eigenvalue weighted by atomic mass is 16.1. The van der Waals surface area contributed by atoms with E-state index in [1.54, 1.807) is 18.6 Å². The van der Waals surface area contributed by atoms with Gasteiger partial charge in [-0.25, -0.2) is 0 Å². The van der Waals surface area contributed by atoms with Gasteiger partial charge in [0.2, 0.25) is 5.91 Å². The van der Waals surface area contributed by atoms with Crippen molar-refractivity contribution in [1.82, 2.24) is 30.0 Å². The molecule has 1 aromatic carbocycles. The first-order valence-corrected chi connectivity index (χ1v) is 13.3. The molecule has 9 nitrogen and oxygen atoms in total. The van der Waals surface area contributed by atoms with E-state index >= 15 is 0 Å². The number of nitrogens with one attached hydrogen (secondary N) is 3. The summed E-state index contributed by atoms with van der Waals surface area (Å²) in [7, 11) is 2.18. The molecule has 4 aromatic heterocycles. The largest absolute Gasteiger partial charge is 0.368 e. The lowest BCUT2D eigenvalue weighted by Gasteiger charge is -2.34. The predicted molar refractivity (Wildman–Crippen MR) is 150 cm³/mol. The molecule has 5 heterocycles. The first kappa shape index (κ1) is 22.9. The summed E-state index contributed by atoms with van der Waals surface area (Å²) in [5.41, 5.74) is 7.36. The van der Waals surface area contributed by atoms with Crippen LogP contribution in [0.1, 0.15) is 19.3 Å². The van der Waals surface area contributed by atoms with Gasteiger partial charge in [0.15, 0.2) is 0 Å². The van der Waals surface area contributed by atoms with Crippen LogP contribution in [0.3, 0.4) is 0 Å². The Bertz CT molecular complexity index is 1640. The number of rotatable bonds is 5. The number of piperazine rings is 1. The van der Waals surface area contributed by atoms with Gasteiger partial charge in [-0.1, -0.05) is 12.5 Å². The van der Waals surface area contributed by atoms with Crippen LogP contribution in [0.15, 0.2) is 55.0 Å². The van der Waals surface area contributed by atoms with Crippen LogP contribution in [0.2, 0.25) is 0 Å². The van der Waals surface area contributed by atoms with E-state index in [9.17, 15) is 4.79 Å². The van der Waals surface area contributed by atoms with Crippen LogP contribution in [0.5, 0.6) is 0 Å². The number of likely N-dealkylation sites (N-methyl/N-ethyl adjacent to an activating group) is 1. The van der Waals surface area contributed by atoms with Crippen LogP contribution < -0.4 is 10.2 Å². The topological polar surface area (TPSA) is 106 Å². The molecular weight excluding hydrogens is 476 g/mol. The van der Waals surface area contributed by atoms with Gasteiger partial charge in [-0.3, -0.25) is 19.9 Å². The summed E-state index contributed by atoms with van der Waals surface area (Å²) in [6, 6.07) is 12.6. The monoisotopic (exact) mass is 506 g/mol. The number of hydrogen-bond acceptors (Lipinski definition) is 6. The number of aromatic amines is 2. The molecule has 3 N–H and O–H groups in total. The van der Waals surface area contributed by atoms with Crippen molar-refractivity contribution in [2.45, 2.75) is 19.3 Å². The van der Waals surface area contributed by atoms with Gasteiger partial charge in [-0.2, -0.15) is 5.10 Å². The lowest BCUT2D eigenvalue weighted by Crippen LogP contribution is -2.44. The molecule has 2 aliphatic rings. The lowest BCUT2D eigenvalue weighted by atomic mass is 9.85. The molecule has 1 aliphatic heterocycles. The van der Waals surface area contributed by atoms with Crippen LogP contribution in [0.25, 0.3) is 44.5 Å². The number of hydrogen-bond donors (Lipinski definition) is 3. The van der Waals surface area contributed by atoms with Crippen LogP contribution in [0.4, 0.5) is 11.4 Å². The third-order valence-corrected chi connectivity index (χ3v) is 7.96. The van der Waals surface area contributed by atoms with E-state index in [1.165, 1.54) is 11.1 Å². The zero-order valence-electron chi connectivity index (χ0n) is 21.4. The van der Waals surface area contributed by atoms with Gasteiger partial charge in [-0.15, -0.1) is 0 Å². The Morgan fingerprint density at radius 1 is 1.00 bits per heavy atom. The van der Waals surface area contributed by atoms with Crippen molar-refractivity contribution in [3.8, 4) is 22.6 Å². The van der Waals surface area contributed by atoms with Gasteiger partial charge in [0.25, 0.3) is 0 Å². The Kier molecular flexibility index (Phi) is 5.58. The normalized spacial score (nSPS) is 16.7. The van der Waals surface area contributed by atoms with E-state index in [1.807, 2.05) is 12.1 Å². The first-order chi connectivity index (χ1) is 18.6. The maximum Gasteiger partial charge on any atom is 0.227 e. The van der Waals surface area contributed by atoms with Gasteiger partial charge in [0, 0.05) is 65.8 Å². The number of amides is 1. The predicted octanol–water partition coefficient (Wildman–Crippen LogP) is 4.66. The summed E-state index contributed by atoms with van der Waals surface area (Å²) in [6.07, 6.45) is 8.32. The van der Waals surface area contributed by atoms with Crippen molar-refractivity contribution in [3.63, 3.8) is 0 Å². The quantitative estimate of drug-likeness (QED) is 0.320. The molecule has 5 aromatic rings. The fourth-order valence-corrected chi connectivity index (χ4v) is 5.43. The molecule has 0 bridgehead atoms. The molecule has 9 heteroatoms. The number of carbonyl (C=O) groups is 1. The highest BCUT2D eigenvalue weighted by Gasteiger charge is 2.25. The Morgan fingerprint density at radius 3 is 2.68 bits per heavy atom. The van der Waals surface area contributed by atoms with Crippen molar-refractivity contribution >= 4 is 39.1 Å². The SMILES string of the molecule is CN1CCN(c2cccc3[nH]c(-c4n[nH]c5cnc(-c6cncc(NC(=O)C7CCC7)c6)cc45)cc23)CC1. The minimum atomic E-state index is 0.0745. The number of fused-ring (bicyclic) bond motifs is 2. The summed E-state index contributed by atoms with van der Waals surface area (Å²) in [5, 5.41) is 13.0. The molecule has 1 amide bonds. The summed E-state index contributed by atoms with van der Waals surface area (Å²) in [4.78, 5) is 29.9. The highest BCUT2D eigenvalue weighted by Crippen LogP contribution is 2.35. The van der Waals surface area contributed by atoms with Crippen LogP contribution in [-0.2, 0) is 4.79 Å². The molecule has 0 radical (unpaired) electrons. The van der Waals surface area contributed by atoms with E-state index in [-0.39, 0.29) is 11.8 Å². The number of benzene rings is 1. The third-order valence-electron chi connectivity index (χ3n) is 7.96. The molecule has 1 aliphatic carbocycles. The van der Waals surface area contributed by atoms with Gasteiger partial charge < -0.3 is 20.1 Å². The summed E-state index contributed by atoms with van der Waals surface area (Å²) in [5.74, 6) is 0.195. The minimum absolute atomic E-state index is 0.0745. The van der Waals surface area contributed by atoms with Crippen molar-refractivity contribution in [1.29, 1.82) is 0 Å². The number of anilines is 2. The standard InChI is InChI=1S/C29H30N8O/c1-36-8-10-37(11-9-36)27-7-3-6-23-21(27)13-25(33-23)28-22-14-24(31-17-26(22)34-35-28)19-12-20(16-30-15-19)32-29(38)18-4-2-5-18/h3,6-7,12-18,33H,2,4-5,8-11H2,1H3,(H,32,38)(H,34,35). The second-order valence-electron chi connectivity index (χ2n) is 10.5. The van der Waals surface area contributed by atoms with Crippen molar-refractivity contribution in [2.75, 3.05) is 43.4 Å². The molecule has 192 valence electrons. The van der Waals surface area contributed by atoms with Gasteiger partial charge in [0.05, 0.1) is 35.0 Å². The van der Waals surface area contributed by atoms with Gasteiger partial charge in [0.1, 0.15) is 5.69 Å². The van der Waals surface area contributed by atoms with E-state index in [2.05, 4.69) is 71.6 Å². The summed E-state index contributed by atoms with van der Waals surface area (Å²) < 4.78 is 0. The maximum absolute atomic E-state index is 12.4. The summed E-state index contributed by atoms with van der Waals surface area (Å²) in [6.45, 7) is 4.16. The number of carbonyl (C=O) groups excluding carboxylic acids is 1. The van der Waals surface area contributed by atoms with Gasteiger partial charge >= 0.3 is 0 Å². The third kappa shape index (κ3) is 4.09. The average Bonchev–Trinajstić information content (AvgIpc) is 3.52. The molecule has 2 fully saturated rings. The smallest absolute Gasteiger partial charge is 0.227 e. The molecule has 1 saturated heterocycles. The molecule has 7 rings (SSSR count). The minimum Gasteiger partial charge on any atom is -0.368 e. The zero-order chi connectivity index (χ0) is 25.6. The molecule has 0 unspecified atom stereocenters. The van der Waals surface area contributed by atoms with E-state index in [4.69, 9.17) is 0 Å². The second-order valence-corrected chi connectivity index (χ2v) is 10.5. The number of H-pyrrole nitrogens is 2. The lowest BCUT2D eigenvalue weighted by molar-refractivity contribution is -0.122. The molecule has 1 saturated carbocycles. The zero-order valence-corrected chi connectivity index (χ0v) is 21.4. The number of aromatic nitrogens is 5. The summed E-state index contributed by atoms with van der Waals surface area (Å²) >= 11 is 0. The van der Waals surface area contributed by atoms with Crippen molar-refractivity contribution < 1.29 is 4.79 Å².